The highest BCUT2D eigenvalue weighted by atomic mass is 31.2. The number of rotatable bonds is 108. The van der Waals surface area contributed by atoms with Crippen molar-refractivity contribution in [1.29, 1.82) is 0 Å². The Morgan fingerprint density at radius 3 is 0.220 bits per heavy atom. The summed E-state index contributed by atoms with van der Waals surface area (Å²) in [5.74, 6) is 0. The van der Waals surface area contributed by atoms with Crippen LogP contribution in [0.2, 0.25) is 0 Å². The molecular formula is C120H252BO3P3. The lowest BCUT2D eigenvalue weighted by atomic mass is 10.0. The van der Waals surface area contributed by atoms with Gasteiger partial charge in [-0.1, -0.05) is 584 Å². The van der Waals surface area contributed by atoms with Crippen molar-refractivity contribution < 1.29 is 15.1 Å². The third-order valence-corrected chi connectivity index (χ3v) is 45.0. The lowest BCUT2D eigenvalue weighted by molar-refractivity contribution is -0.479. The molecule has 0 heterocycles. The van der Waals surface area contributed by atoms with E-state index in [-0.39, 0.29) is 0 Å². The maximum atomic E-state index is 8.42. The van der Waals surface area contributed by atoms with Gasteiger partial charge in [0.25, 0.3) is 0 Å². The SMILES string of the molecule is CCCCCCCCCCCCCCCC[P+](CCCC)(CCCC)CCCCCCCCCCCCCCCC.CCCCCCCCCCCCCCCC[P+](CCCC)(CCCC)CCCCCCCCCCCCCCCC.CCCCCCCCCCCCCCCC[P+](CCCC)(CCCC)CCCCCCCCCCCCCCCC.[O-]B([O-])[O-]. The van der Waals surface area contributed by atoms with Crippen LogP contribution in [0.3, 0.4) is 0 Å². The quantitative estimate of drug-likeness (QED) is 0.0346. The molecule has 0 aliphatic carbocycles. The molecule has 0 unspecified atom stereocenters. The monoisotopic (exact) mass is 1850 g/mol. The minimum atomic E-state index is -2.92. The molecule has 0 N–H and O–H groups in total. The van der Waals surface area contributed by atoms with Gasteiger partial charge in [0.05, 0.1) is 73.9 Å². The summed E-state index contributed by atoms with van der Waals surface area (Å²) in [5, 5.41) is 25.2. The van der Waals surface area contributed by atoms with Gasteiger partial charge in [-0.3, -0.25) is 7.32 Å². The lowest BCUT2D eigenvalue weighted by Gasteiger charge is -2.35. The molecule has 0 aliphatic heterocycles. The van der Waals surface area contributed by atoms with E-state index in [1.54, 1.807) is 112 Å². The van der Waals surface area contributed by atoms with Crippen LogP contribution in [0, 0.1) is 0 Å². The van der Waals surface area contributed by atoms with E-state index in [4.69, 9.17) is 15.1 Å². The van der Waals surface area contributed by atoms with E-state index in [0.29, 0.717) is 0 Å². The highest BCUT2D eigenvalue weighted by Gasteiger charge is 2.37. The molecule has 0 spiro atoms. The maximum Gasteiger partial charge on any atom is 0.0594 e. The fourth-order valence-electron chi connectivity index (χ4n) is 20.8. The molecule has 0 saturated carbocycles. The Labute approximate surface area is 812 Å². The van der Waals surface area contributed by atoms with Crippen molar-refractivity contribution in [2.45, 2.75) is 699 Å². The minimum absolute atomic E-state index is 0.698. The molecule has 0 aromatic carbocycles. The minimum Gasteiger partial charge on any atom is -0.907 e. The first-order chi connectivity index (χ1) is 62.5. The van der Waals surface area contributed by atoms with Crippen molar-refractivity contribution in [3.63, 3.8) is 0 Å². The second-order valence-corrected chi connectivity index (χ2v) is 56.1. The van der Waals surface area contributed by atoms with Crippen LogP contribution >= 0.6 is 21.8 Å². The van der Waals surface area contributed by atoms with Crippen LogP contribution in [0.25, 0.3) is 0 Å². The fraction of sp³-hybridized carbons (Fsp3) is 1.00. The first-order valence-electron chi connectivity index (χ1n) is 61.0. The molecular weight excluding hydrogens is 1590 g/mol. The Balaban J connectivity index is -0.000000873. The van der Waals surface area contributed by atoms with Gasteiger partial charge < -0.3 is 15.1 Å². The molecule has 0 amide bonds. The smallest absolute Gasteiger partial charge is 0.0594 e. The van der Waals surface area contributed by atoms with Gasteiger partial charge in [-0.05, 0) is 116 Å². The van der Waals surface area contributed by atoms with E-state index < -0.39 is 29.1 Å². The molecule has 0 aromatic rings. The summed E-state index contributed by atoms with van der Waals surface area (Å²) in [6, 6.07) is 0. The standard InChI is InChI=1S/3C40H84P.BO3/c3*1-5-9-13-15-17-19-21-23-25-27-29-31-33-35-39-41(37-11-7-3,38-12-8-4)40-36-34-32-30-28-26-24-22-20-18-16-14-10-6-2;2-1(3)4/h3*5-40H2,1-4H3;/q3*+1;-3. The highest BCUT2D eigenvalue weighted by molar-refractivity contribution is 7.76. The van der Waals surface area contributed by atoms with Crippen molar-refractivity contribution in [3.8, 4) is 0 Å². The molecule has 0 aromatic heterocycles. The molecule has 0 aliphatic rings. The number of hydrogen-bond donors (Lipinski definition) is 0. The molecule has 0 rings (SSSR count). The van der Waals surface area contributed by atoms with Gasteiger partial charge >= 0.3 is 0 Å². The summed E-state index contributed by atoms with van der Waals surface area (Å²) in [4.78, 5) is 0. The Kier molecular flexibility index (Phi) is 127. The predicted molar refractivity (Wildman–Crippen MR) is 596 cm³/mol. The van der Waals surface area contributed by atoms with Gasteiger partial charge in [-0.2, -0.15) is 0 Å². The zero-order valence-corrected chi connectivity index (χ0v) is 94.2. The lowest BCUT2D eigenvalue weighted by Crippen LogP contribution is -2.56. The zero-order chi connectivity index (χ0) is 93.4. The van der Waals surface area contributed by atoms with E-state index in [1.165, 1.54) is 578 Å². The van der Waals surface area contributed by atoms with Crippen molar-refractivity contribution in [2.75, 3.05) is 73.9 Å². The van der Waals surface area contributed by atoms with Crippen molar-refractivity contribution in [3.05, 3.63) is 0 Å². The van der Waals surface area contributed by atoms with Crippen LogP contribution in [0.1, 0.15) is 699 Å². The Bertz CT molecular complexity index is 1520. The number of unbranched alkanes of at least 4 members (excludes halogenated alkanes) is 84. The molecule has 0 bridgehead atoms. The summed E-state index contributed by atoms with van der Waals surface area (Å²) in [6.45, 7) is 28.5. The van der Waals surface area contributed by atoms with E-state index in [1.807, 2.05) is 0 Å². The predicted octanol–water partition coefficient (Wildman–Crippen LogP) is 42.8. The highest BCUT2D eigenvalue weighted by Crippen LogP contribution is 2.63. The Hall–Kier alpha value is 1.23. The molecule has 0 fully saturated rings. The van der Waals surface area contributed by atoms with E-state index >= 15 is 0 Å². The molecule has 0 atom stereocenters. The third kappa shape index (κ3) is 112. The van der Waals surface area contributed by atoms with Gasteiger partial charge in [0.15, 0.2) is 0 Å². The first-order valence-corrected chi connectivity index (χ1v) is 68.6. The van der Waals surface area contributed by atoms with E-state index in [0.717, 1.165) is 0 Å². The summed E-state index contributed by atoms with van der Waals surface area (Å²) in [6.07, 6.45) is 162. The average molecular weight is 1850 g/mol. The third-order valence-electron chi connectivity index (χ3n) is 29.8. The molecule has 768 valence electrons. The van der Waals surface area contributed by atoms with Gasteiger partial charge in [0, 0.05) is 21.8 Å². The maximum absolute atomic E-state index is 8.42. The second-order valence-electron chi connectivity index (χ2n) is 42.7. The van der Waals surface area contributed by atoms with Crippen molar-refractivity contribution in [1.82, 2.24) is 0 Å². The van der Waals surface area contributed by atoms with Gasteiger partial charge in [0.2, 0.25) is 0 Å². The summed E-state index contributed by atoms with van der Waals surface area (Å²) >= 11 is 0. The van der Waals surface area contributed by atoms with Crippen LogP contribution in [0.15, 0.2) is 0 Å². The molecule has 127 heavy (non-hydrogen) atoms. The molecule has 7 heteroatoms. The van der Waals surface area contributed by atoms with Crippen LogP contribution in [0.4, 0.5) is 0 Å². The number of hydrogen-bond acceptors (Lipinski definition) is 3. The van der Waals surface area contributed by atoms with Gasteiger partial charge in [0.1, 0.15) is 0 Å². The fourth-order valence-corrected chi connectivity index (χ4v) is 36.1. The second kappa shape index (κ2) is 120. The van der Waals surface area contributed by atoms with Gasteiger partial charge in [-0.15, -0.1) is 0 Å². The summed E-state index contributed by atoms with van der Waals surface area (Å²) in [7, 11) is -5.01. The van der Waals surface area contributed by atoms with Crippen molar-refractivity contribution in [2.24, 2.45) is 0 Å². The van der Waals surface area contributed by atoms with Crippen LogP contribution in [-0.4, -0.2) is 81.3 Å². The summed E-state index contributed by atoms with van der Waals surface area (Å²) in [5.41, 5.74) is 0. The Morgan fingerprint density at radius 2 is 0.150 bits per heavy atom. The topological polar surface area (TPSA) is 69.2 Å². The van der Waals surface area contributed by atoms with E-state index in [2.05, 4.69) is 83.1 Å². The van der Waals surface area contributed by atoms with Crippen molar-refractivity contribution >= 4 is 29.1 Å². The van der Waals surface area contributed by atoms with Crippen LogP contribution in [0.5, 0.6) is 0 Å². The zero-order valence-electron chi connectivity index (χ0n) is 91.5. The van der Waals surface area contributed by atoms with Crippen LogP contribution < -0.4 is 15.1 Å². The Morgan fingerprint density at radius 1 is 0.0945 bits per heavy atom. The average Bonchev–Trinajstić information content (AvgIpc) is 0.883. The molecule has 0 saturated heterocycles. The summed E-state index contributed by atoms with van der Waals surface area (Å²) < 4.78 is 0. The van der Waals surface area contributed by atoms with E-state index in [9.17, 15) is 0 Å². The largest absolute Gasteiger partial charge is 0.907 e. The molecule has 3 nitrogen and oxygen atoms in total. The first kappa shape index (κ1) is 135. The normalized spacial score (nSPS) is 11.8. The van der Waals surface area contributed by atoms with Crippen LogP contribution in [-0.2, 0) is 0 Å². The molecule has 0 radical (unpaired) electrons. The van der Waals surface area contributed by atoms with Gasteiger partial charge in [-0.25, -0.2) is 0 Å².